The summed E-state index contributed by atoms with van der Waals surface area (Å²) in [4.78, 5) is 11.6. The Bertz CT molecular complexity index is 361. The Kier molecular flexibility index (Phi) is 3.67. The van der Waals surface area contributed by atoms with Crippen molar-refractivity contribution in [1.82, 2.24) is 5.32 Å². The average molecular weight is 212 g/mol. The molecule has 0 aliphatic heterocycles. The van der Waals surface area contributed by atoms with Crippen molar-refractivity contribution in [2.24, 2.45) is 0 Å². The summed E-state index contributed by atoms with van der Waals surface area (Å²) in [7, 11) is 1.75. The van der Waals surface area contributed by atoms with Crippen LogP contribution in [0.5, 0.6) is 0 Å². The molecule has 0 radical (unpaired) electrons. The molecule has 3 heteroatoms. The zero-order chi connectivity index (χ0) is 10.7. The van der Waals surface area contributed by atoms with Gasteiger partial charge < -0.3 is 5.32 Å². The molecule has 0 spiro atoms. The number of rotatable bonds is 3. The van der Waals surface area contributed by atoms with Crippen molar-refractivity contribution in [3.8, 4) is 0 Å². The van der Waals surface area contributed by atoms with Crippen molar-refractivity contribution in [3.05, 3.63) is 33.8 Å². The third kappa shape index (κ3) is 2.34. The Balaban J connectivity index is 3.09. The number of Topliss-reactive ketones (excluding diaryl/α,β-unsaturated/α-hetero) is 1. The number of likely N-dealkylation sites (N-methyl/N-ethyl adjacent to an activating group) is 1. The SMILES string of the molecule is CNCC(=O)c1cc(Cl)c(C)cc1C. The maximum absolute atomic E-state index is 11.6. The van der Waals surface area contributed by atoms with Gasteiger partial charge in [0.15, 0.2) is 5.78 Å². The number of hydrogen-bond donors (Lipinski definition) is 1. The molecule has 1 N–H and O–H groups in total. The van der Waals surface area contributed by atoms with E-state index in [0.29, 0.717) is 17.1 Å². The number of carbonyl (C=O) groups excluding carboxylic acids is 1. The highest BCUT2D eigenvalue weighted by Gasteiger charge is 2.09. The van der Waals surface area contributed by atoms with Crippen molar-refractivity contribution >= 4 is 17.4 Å². The molecule has 0 saturated heterocycles. The van der Waals surface area contributed by atoms with Gasteiger partial charge >= 0.3 is 0 Å². The van der Waals surface area contributed by atoms with Crippen molar-refractivity contribution < 1.29 is 4.79 Å². The van der Waals surface area contributed by atoms with Crippen LogP contribution in [0, 0.1) is 13.8 Å². The monoisotopic (exact) mass is 211 g/mol. The second kappa shape index (κ2) is 4.58. The van der Waals surface area contributed by atoms with Gasteiger partial charge in [-0.1, -0.05) is 17.7 Å². The molecule has 0 saturated carbocycles. The summed E-state index contributed by atoms with van der Waals surface area (Å²) >= 11 is 5.96. The molecule has 0 unspecified atom stereocenters. The van der Waals surface area contributed by atoms with Gasteiger partial charge in [0.2, 0.25) is 0 Å². The van der Waals surface area contributed by atoms with Crippen LogP contribution in [0.3, 0.4) is 0 Å². The van der Waals surface area contributed by atoms with Crippen LogP contribution in [0.2, 0.25) is 5.02 Å². The van der Waals surface area contributed by atoms with Crippen LogP contribution < -0.4 is 5.32 Å². The van der Waals surface area contributed by atoms with E-state index in [9.17, 15) is 4.79 Å². The van der Waals surface area contributed by atoms with E-state index in [2.05, 4.69) is 5.32 Å². The molecule has 0 aliphatic carbocycles. The maximum atomic E-state index is 11.6. The van der Waals surface area contributed by atoms with Crippen molar-refractivity contribution in [2.75, 3.05) is 13.6 Å². The van der Waals surface area contributed by atoms with Crippen LogP contribution in [0.1, 0.15) is 21.5 Å². The van der Waals surface area contributed by atoms with Crippen LogP contribution in [0.4, 0.5) is 0 Å². The minimum Gasteiger partial charge on any atom is -0.313 e. The molecule has 0 aromatic heterocycles. The molecule has 0 bridgehead atoms. The van der Waals surface area contributed by atoms with Crippen molar-refractivity contribution in [3.63, 3.8) is 0 Å². The fourth-order valence-corrected chi connectivity index (χ4v) is 1.55. The molecule has 0 heterocycles. The van der Waals surface area contributed by atoms with Gasteiger partial charge in [0, 0.05) is 10.6 Å². The lowest BCUT2D eigenvalue weighted by molar-refractivity contribution is 0.0993. The second-order valence-electron chi connectivity index (χ2n) is 3.37. The Morgan fingerprint density at radius 3 is 2.57 bits per heavy atom. The molecule has 76 valence electrons. The van der Waals surface area contributed by atoms with E-state index in [4.69, 9.17) is 11.6 Å². The topological polar surface area (TPSA) is 29.1 Å². The van der Waals surface area contributed by atoms with E-state index in [0.717, 1.165) is 11.1 Å². The van der Waals surface area contributed by atoms with Gasteiger partial charge in [0.25, 0.3) is 0 Å². The van der Waals surface area contributed by atoms with E-state index in [1.165, 1.54) is 0 Å². The number of nitrogens with one attached hydrogen (secondary N) is 1. The highest BCUT2D eigenvalue weighted by Crippen LogP contribution is 2.20. The molecule has 1 aromatic carbocycles. The highest BCUT2D eigenvalue weighted by molar-refractivity contribution is 6.31. The fraction of sp³-hybridized carbons (Fsp3) is 0.364. The minimum absolute atomic E-state index is 0.0758. The van der Waals surface area contributed by atoms with Crippen molar-refractivity contribution in [1.29, 1.82) is 0 Å². The van der Waals surface area contributed by atoms with Gasteiger partial charge in [-0.15, -0.1) is 0 Å². The third-order valence-electron chi connectivity index (χ3n) is 2.14. The summed E-state index contributed by atoms with van der Waals surface area (Å²) in [5.41, 5.74) is 2.69. The first-order valence-electron chi connectivity index (χ1n) is 4.50. The van der Waals surface area contributed by atoms with Crippen LogP contribution in [-0.4, -0.2) is 19.4 Å². The van der Waals surface area contributed by atoms with Gasteiger partial charge in [-0.05, 0) is 38.1 Å². The quantitative estimate of drug-likeness (QED) is 0.778. The molecule has 14 heavy (non-hydrogen) atoms. The second-order valence-corrected chi connectivity index (χ2v) is 3.78. The Hall–Kier alpha value is -0.860. The Morgan fingerprint density at radius 1 is 1.36 bits per heavy atom. The largest absolute Gasteiger partial charge is 0.313 e. The zero-order valence-electron chi connectivity index (χ0n) is 8.65. The Morgan fingerprint density at radius 2 is 2.00 bits per heavy atom. The molecule has 2 nitrogen and oxygen atoms in total. The summed E-state index contributed by atoms with van der Waals surface area (Å²) in [6.07, 6.45) is 0. The van der Waals surface area contributed by atoms with Gasteiger partial charge in [-0.3, -0.25) is 4.79 Å². The first-order chi connectivity index (χ1) is 6.56. The summed E-state index contributed by atoms with van der Waals surface area (Å²) in [5.74, 6) is 0.0758. The summed E-state index contributed by atoms with van der Waals surface area (Å²) in [6.45, 7) is 4.20. The van der Waals surface area contributed by atoms with E-state index in [-0.39, 0.29) is 5.78 Å². The lowest BCUT2D eigenvalue weighted by Crippen LogP contribution is -2.19. The van der Waals surface area contributed by atoms with Crippen molar-refractivity contribution in [2.45, 2.75) is 13.8 Å². The summed E-state index contributed by atoms with van der Waals surface area (Å²) < 4.78 is 0. The lowest BCUT2D eigenvalue weighted by Gasteiger charge is -2.07. The first-order valence-corrected chi connectivity index (χ1v) is 4.88. The highest BCUT2D eigenvalue weighted by atomic mass is 35.5. The molecule has 1 rings (SSSR count). The third-order valence-corrected chi connectivity index (χ3v) is 2.55. The number of aryl methyl sites for hydroxylation is 2. The molecule has 0 aliphatic rings. The van der Waals surface area contributed by atoms with Crippen LogP contribution in [0.15, 0.2) is 12.1 Å². The number of carbonyl (C=O) groups is 1. The number of ketones is 1. The van der Waals surface area contributed by atoms with Crippen LogP contribution in [-0.2, 0) is 0 Å². The lowest BCUT2D eigenvalue weighted by atomic mass is 10.0. The fourth-order valence-electron chi connectivity index (χ4n) is 1.38. The molecular weight excluding hydrogens is 198 g/mol. The zero-order valence-corrected chi connectivity index (χ0v) is 9.40. The van der Waals surface area contributed by atoms with E-state index in [1.54, 1.807) is 13.1 Å². The number of halogens is 1. The van der Waals surface area contributed by atoms with Crippen LogP contribution >= 0.6 is 11.6 Å². The first kappa shape index (κ1) is 11.2. The van der Waals surface area contributed by atoms with E-state index < -0.39 is 0 Å². The molecule has 0 atom stereocenters. The van der Waals surface area contributed by atoms with E-state index in [1.807, 2.05) is 19.9 Å². The van der Waals surface area contributed by atoms with Gasteiger partial charge in [-0.25, -0.2) is 0 Å². The molecule has 0 amide bonds. The smallest absolute Gasteiger partial charge is 0.176 e. The van der Waals surface area contributed by atoms with E-state index >= 15 is 0 Å². The Labute approximate surface area is 89.3 Å². The molecular formula is C11H14ClNO. The van der Waals surface area contributed by atoms with Crippen LogP contribution in [0.25, 0.3) is 0 Å². The number of hydrogen-bond acceptors (Lipinski definition) is 2. The van der Waals surface area contributed by atoms with Gasteiger partial charge in [-0.2, -0.15) is 0 Å². The maximum Gasteiger partial charge on any atom is 0.176 e. The minimum atomic E-state index is 0.0758. The predicted octanol–water partition coefficient (Wildman–Crippen LogP) is 2.36. The average Bonchev–Trinajstić information content (AvgIpc) is 2.11. The summed E-state index contributed by atoms with van der Waals surface area (Å²) in [5, 5.41) is 3.48. The van der Waals surface area contributed by atoms with Gasteiger partial charge in [0.1, 0.15) is 0 Å². The normalized spacial score (nSPS) is 10.3. The van der Waals surface area contributed by atoms with Gasteiger partial charge in [0.05, 0.1) is 6.54 Å². The predicted molar refractivity (Wildman–Crippen MR) is 59.2 cm³/mol. The summed E-state index contributed by atoms with van der Waals surface area (Å²) in [6, 6.07) is 3.68. The number of benzene rings is 1. The molecule has 0 fully saturated rings. The standard InChI is InChI=1S/C11H14ClNO/c1-7-4-8(2)10(12)5-9(7)11(14)6-13-3/h4-5,13H,6H2,1-3H3. The molecule has 1 aromatic rings.